The summed E-state index contributed by atoms with van der Waals surface area (Å²) in [5, 5.41) is 0. The molecule has 8 heteroatoms. The van der Waals surface area contributed by atoms with Crippen LogP contribution < -0.4 is 13.8 Å². The zero-order valence-corrected chi connectivity index (χ0v) is 21.2. The fraction of sp³-hybridized carbons (Fsp3) is 0.296. The summed E-state index contributed by atoms with van der Waals surface area (Å²) in [6.45, 7) is 2.27. The van der Waals surface area contributed by atoms with Crippen LogP contribution >= 0.6 is 0 Å². The number of ether oxygens (including phenoxy) is 2. The van der Waals surface area contributed by atoms with Crippen molar-refractivity contribution in [1.29, 1.82) is 0 Å². The summed E-state index contributed by atoms with van der Waals surface area (Å²) in [7, 11) is 0.744. The molecule has 1 atom stereocenters. The second kappa shape index (κ2) is 10.00. The summed E-state index contributed by atoms with van der Waals surface area (Å²) in [5.74, 6) is 0.577. The molecule has 3 aromatic carbocycles. The second-order valence-corrected chi connectivity index (χ2v) is 10.3. The van der Waals surface area contributed by atoms with Crippen LogP contribution in [0.15, 0.2) is 71.6 Å². The number of aryl methyl sites for hydroxylation is 1. The normalized spacial score (nSPS) is 14.1. The van der Waals surface area contributed by atoms with Crippen LogP contribution in [0.5, 0.6) is 11.5 Å². The minimum Gasteiger partial charge on any atom is -0.496 e. The molecular formula is C27H30N2O5S. The third kappa shape index (κ3) is 4.58. The van der Waals surface area contributed by atoms with Gasteiger partial charge in [-0.25, -0.2) is 8.42 Å². The maximum Gasteiger partial charge on any atom is 0.268 e. The molecule has 0 bridgehead atoms. The third-order valence-corrected chi connectivity index (χ3v) is 8.37. The van der Waals surface area contributed by atoms with Gasteiger partial charge in [-0.05, 0) is 55.7 Å². The molecule has 0 saturated carbocycles. The molecule has 1 amide bonds. The van der Waals surface area contributed by atoms with E-state index in [2.05, 4.69) is 0 Å². The molecule has 1 aliphatic heterocycles. The van der Waals surface area contributed by atoms with Crippen LogP contribution in [0.3, 0.4) is 0 Å². The topological polar surface area (TPSA) is 76.1 Å². The molecule has 0 aliphatic carbocycles. The van der Waals surface area contributed by atoms with Crippen molar-refractivity contribution < 1.29 is 22.7 Å². The van der Waals surface area contributed by atoms with E-state index >= 15 is 0 Å². The lowest BCUT2D eigenvalue weighted by Crippen LogP contribution is -2.36. The Hall–Kier alpha value is -3.52. The second-order valence-electron chi connectivity index (χ2n) is 8.51. The van der Waals surface area contributed by atoms with Crippen molar-refractivity contribution in [3.63, 3.8) is 0 Å². The SMILES string of the molecule is COc1ccccc1C(C)N(C)C(=O)c1ccc(OC)c(S(=O)(=O)N2CCCc3ccccc32)c1. The van der Waals surface area contributed by atoms with Gasteiger partial charge in [0.25, 0.3) is 15.9 Å². The van der Waals surface area contributed by atoms with Crippen molar-refractivity contribution >= 4 is 21.6 Å². The number of carbonyl (C=O) groups excluding carboxylic acids is 1. The number of rotatable bonds is 7. The van der Waals surface area contributed by atoms with Crippen LogP contribution in [-0.2, 0) is 16.4 Å². The summed E-state index contributed by atoms with van der Waals surface area (Å²) in [5.41, 5.74) is 2.77. The van der Waals surface area contributed by atoms with Gasteiger partial charge in [0.2, 0.25) is 0 Å². The first-order valence-corrected chi connectivity index (χ1v) is 12.9. The summed E-state index contributed by atoms with van der Waals surface area (Å²) in [4.78, 5) is 15.0. The molecule has 0 fully saturated rings. The molecule has 3 aromatic rings. The molecule has 0 N–H and O–H groups in total. The van der Waals surface area contributed by atoms with E-state index in [1.165, 1.54) is 23.5 Å². The number of carbonyl (C=O) groups is 1. The predicted octanol–water partition coefficient (Wildman–Crippen LogP) is 4.68. The molecule has 0 spiro atoms. The van der Waals surface area contributed by atoms with Crippen molar-refractivity contribution in [2.45, 2.75) is 30.7 Å². The molecule has 7 nitrogen and oxygen atoms in total. The van der Waals surface area contributed by atoms with Gasteiger partial charge in [0, 0.05) is 24.7 Å². The smallest absolute Gasteiger partial charge is 0.268 e. The van der Waals surface area contributed by atoms with Gasteiger partial charge in [-0.15, -0.1) is 0 Å². The fourth-order valence-corrected chi connectivity index (χ4v) is 6.20. The Morgan fingerprint density at radius 1 is 0.971 bits per heavy atom. The molecular weight excluding hydrogens is 464 g/mol. The number of benzene rings is 3. The number of sulfonamides is 1. The van der Waals surface area contributed by atoms with Crippen LogP contribution in [0.4, 0.5) is 5.69 Å². The van der Waals surface area contributed by atoms with Gasteiger partial charge in [-0.1, -0.05) is 36.4 Å². The van der Waals surface area contributed by atoms with Gasteiger partial charge in [0.15, 0.2) is 0 Å². The average molecular weight is 495 g/mol. The molecule has 4 rings (SSSR count). The van der Waals surface area contributed by atoms with E-state index in [0.717, 1.165) is 24.0 Å². The first-order valence-electron chi connectivity index (χ1n) is 11.5. The highest BCUT2D eigenvalue weighted by molar-refractivity contribution is 7.93. The van der Waals surface area contributed by atoms with E-state index in [4.69, 9.17) is 9.47 Å². The van der Waals surface area contributed by atoms with Gasteiger partial charge in [0.05, 0.1) is 25.9 Å². The fourth-order valence-electron chi connectivity index (χ4n) is 4.48. The van der Waals surface area contributed by atoms with Gasteiger partial charge >= 0.3 is 0 Å². The van der Waals surface area contributed by atoms with Gasteiger partial charge in [0.1, 0.15) is 16.4 Å². The highest BCUT2D eigenvalue weighted by Crippen LogP contribution is 2.36. The summed E-state index contributed by atoms with van der Waals surface area (Å²) in [6, 6.07) is 19.3. The van der Waals surface area contributed by atoms with Gasteiger partial charge in [-0.2, -0.15) is 0 Å². The monoisotopic (exact) mass is 494 g/mol. The first kappa shape index (κ1) is 24.6. The Morgan fingerprint density at radius 2 is 1.66 bits per heavy atom. The van der Waals surface area contributed by atoms with E-state index in [0.29, 0.717) is 18.0 Å². The Balaban J connectivity index is 1.71. The summed E-state index contributed by atoms with van der Waals surface area (Å²) < 4.78 is 39.9. The zero-order chi connectivity index (χ0) is 25.2. The largest absolute Gasteiger partial charge is 0.496 e. The minimum atomic E-state index is -3.97. The highest BCUT2D eigenvalue weighted by Gasteiger charge is 2.32. The Kier molecular flexibility index (Phi) is 7.03. The Bertz CT molecular complexity index is 1340. The van der Waals surface area contributed by atoms with Crippen LogP contribution in [0.2, 0.25) is 0 Å². The molecule has 1 aliphatic rings. The van der Waals surface area contributed by atoms with Crippen molar-refractivity contribution in [3.8, 4) is 11.5 Å². The van der Waals surface area contributed by atoms with Crippen molar-refractivity contribution in [3.05, 3.63) is 83.4 Å². The predicted molar refractivity (Wildman–Crippen MR) is 136 cm³/mol. The number of amides is 1. The van der Waals surface area contributed by atoms with Gasteiger partial charge in [-0.3, -0.25) is 9.10 Å². The Morgan fingerprint density at radius 3 is 2.40 bits per heavy atom. The van der Waals surface area contributed by atoms with Crippen LogP contribution in [0.1, 0.15) is 40.9 Å². The van der Waals surface area contributed by atoms with E-state index in [1.54, 1.807) is 25.1 Å². The van der Waals surface area contributed by atoms with E-state index in [-0.39, 0.29) is 28.2 Å². The number of fused-ring (bicyclic) bond motifs is 1. The average Bonchev–Trinajstić information content (AvgIpc) is 2.90. The molecule has 184 valence electrons. The van der Waals surface area contributed by atoms with Crippen LogP contribution in [-0.4, -0.2) is 47.0 Å². The Labute approximate surface area is 206 Å². The lowest BCUT2D eigenvalue weighted by atomic mass is 10.0. The highest BCUT2D eigenvalue weighted by atomic mass is 32.2. The summed E-state index contributed by atoms with van der Waals surface area (Å²) in [6.07, 6.45) is 1.54. The third-order valence-electron chi connectivity index (χ3n) is 6.54. The molecule has 0 aromatic heterocycles. The zero-order valence-electron chi connectivity index (χ0n) is 20.4. The molecule has 1 unspecified atom stereocenters. The lowest BCUT2D eigenvalue weighted by molar-refractivity contribution is 0.0740. The first-order chi connectivity index (χ1) is 16.8. The standard InChI is InChI=1S/C27H30N2O5S/c1-19(22-12-6-8-14-24(22)33-3)28(2)27(30)21-15-16-25(34-4)26(18-21)35(31,32)29-17-9-11-20-10-5-7-13-23(20)29/h5-8,10,12-16,18-19H,9,11,17H2,1-4H3. The van der Waals surface area contributed by atoms with E-state index < -0.39 is 10.0 Å². The minimum absolute atomic E-state index is 0.0269. The van der Waals surface area contributed by atoms with Crippen molar-refractivity contribution in [1.82, 2.24) is 4.90 Å². The van der Waals surface area contributed by atoms with E-state index in [1.807, 2.05) is 55.5 Å². The number of para-hydroxylation sites is 2. The number of anilines is 1. The lowest BCUT2D eigenvalue weighted by Gasteiger charge is -2.31. The number of methoxy groups -OCH3 is 2. The molecule has 35 heavy (non-hydrogen) atoms. The molecule has 0 radical (unpaired) electrons. The molecule has 1 heterocycles. The summed E-state index contributed by atoms with van der Waals surface area (Å²) >= 11 is 0. The van der Waals surface area contributed by atoms with Crippen LogP contribution in [0, 0.1) is 0 Å². The maximum atomic E-state index is 13.8. The van der Waals surface area contributed by atoms with Gasteiger partial charge < -0.3 is 14.4 Å². The van der Waals surface area contributed by atoms with Crippen molar-refractivity contribution in [2.24, 2.45) is 0 Å². The van der Waals surface area contributed by atoms with Crippen LogP contribution in [0.25, 0.3) is 0 Å². The maximum absolute atomic E-state index is 13.8. The quantitative estimate of drug-likeness (QED) is 0.477. The van der Waals surface area contributed by atoms with E-state index in [9.17, 15) is 13.2 Å². The number of nitrogens with zero attached hydrogens (tertiary/aromatic N) is 2. The number of hydrogen-bond acceptors (Lipinski definition) is 5. The molecule has 0 saturated heterocycles. The number of hydrogen-bond donors (Lipinski definition) is 0. The van der Waals surface area contributed by atoms with Crippen molar-refractivity contribution in [2.75, 3.05) is 32.1 Å².